The highest BCUT2D eigenvalue weighted by Crippen LogP contribution is 2.51. The van der Waals surface area contributed by atoms with Crippen molar-refractivity contribution in [2.45, 2.75) is 31.1 Å². The molecular weight excluding hydrogens is 348 g/mol. The third-order valence-electron chi connectivity index (χ3n) is 5.79. The number of carbonyl (C=O) groups excluding carboxylic acids is 1. The minimum atomic E-state index is -2.45. The van der Waals surface area contributed by atoms with Gasteiger partial charge in [-0.05, 0) is 50.4 Å². The van der Waals surface area contributed by atoms with Crippen LogP contribution in [-0.2, 0) is 9.98 Å². The summed E-state index contributed by atoms with van der Waals surface area (Å²) in [5.74, 6) is -0.351. The minimum Gasteiger partial charge on any atom is -0.319 e. The third kappa shape index (κ3) is 2.72. The average molecular weight is 371 g/mol. The van der Waals surface area contributed by atoms with Crippen LogP contribution < -0.4 is 10.2 Å². The number of anilines is 1. The zero-order chi connectivity index (χ0) is 18.5. The summed E-state index contributed by atoms with van der Waals surface area (Å²) in [7, 11) is -2.45. The second kappa shape index (κ2) is 6.06. The Labute approximate surface area is 153 Å². The maximum atomic E-state index is 14.7. The SMILES string of the molecule is CP(C)(=O)c1cccc(C(=O)N2CC3(CCCC3)c3c(F)cccc32)c1. The van der Waals surface area contributed by atoms with Gasteiger partial charge >= 0.3 is 0 Å². The van der Waals surface area contributed by atoms with Crippen molar-refractivity contribution in [3.8, 4) is 0 Å². The molecule has 2 aliphatic rings. The van der Waals surface area contributed by atoms with Gasteiger partial charge in [-0.15, -0.1) is 0 Å². The molecule has 1 saturated carbocycles. The van der Waals surface area contributed by atoms with Crippen LogP contribution in [0.3, 0.4) is 0 Å². The van der Waals surface area contributed by atoms with Crippen molar-refractivity contribution in [2.24, 2.45) is 0 Å². The molecule has 1 heterocycles. The second-order valence-electron chi connectivity index (χ2n) is 7.91. The van der Waals surface area contributed by atoms with E-state index in [1.807, 2.05) is 6.07 Å². The van der Waals surface area contributed by atoms with Crippen LogP contribution in [0.15, 0.2) is 42.5 Å². The van der Waals surface area contributed by atoms with E-state index in [1.54, 1.807) is 48.6 Å². The summed E-state index contributed by atoms with van der Waals surface area (Å²) in [6, 6.07) is 12.1. The first-order valence-electron chi connectivity index (χ1n) is 9.08. The summed E-state index contributed by atoms with van der Waals surface area (Å²) in [5.41, 5.74) is 1.66. The quantitative estimate of drug-likeness (QED) is 0.727. The molecular formula is C21H23FNO2P. The highest BCUT2D eigenvalue weighted by molar-refractivity contribution is 7.70. The molecule has 1 aliphatic heterocycles. The molecule has 5 heteroatoms. The molecule has 136 valence electrons. The Balaban J connectivity index is 1.77. The molecule has 0 unspecified atom stereocenters. The topological polar surface area (TPSA) is 37.4 Å². The number of hydrogen-bond acceptors (Lipinski definition) is 2. The van der Waals surface area contributed by atoms with Crippen LogP contribution in [0.25, 0.3) is 0 Å². The van der Waals surface area contributed by atoms with Gasteiger partial charge in [-0.2, -0.15) is 0 Å². The predicted octanol–water partition coefficient (Wildman–Crippen LogP) is 4.55. The molecule has 1 amide bonds. The number of hydrogen-bond donors (Lipinski definition) is 0. The van der Waals surface area contributed by atoms with Crippen molar-refractivity contribution in [1.29, 1.82) is 0 Å². The highest BCUT2D eigenvalue weighted by Gasteiger charge is 2.48. The molecule has 0 aromatic heterocycles. The second-order valence-corrected chi connectivity index (χ2v) is 11.1. The third-order valence-corrected chi connectivity index (χ3v) is 7.32. The first-order chi connectivity index (χ1) is 12.3. The number of fused-ring (bicyclic) bond motifs is 2. The molecule has 1 aliphatic carbocycles. The molecule has 0 saturated heterocycles. The Morgan fingerprint density at radius 3 is 2.50 bits per heavy atom. The fourth-order valence-electron chi connectivity index (χ4n) is 4.50. The van der Waals surface area contributed by atoms with Crippen LogP contribution in [0, 0.1) is 5.82 Å². The van der Waals surface area contributed by atoms with Gasteiger partial charge in [0.1, 0.15) is 13.0 Å². The van der Waals surface area contributed by atoms with Gasteiger partial charge in [-0.3, -0.25) is 4.79 Å². The molecule has 2 aromatic rings. The summed E-state index contributed by atoms with van der Waals surface area (Å²) in [4.78, 5) is 15.0. The molecule has 0 bridgehead atoms. The van der Waals surface area contributed by atoms with E-state index in [4.69, 9.17) is 0 Å². The first-order valence-corrected chi connectivity index (χ1v) is 11.7. The highest BCUT2D eigenvalue weighted by atomic mass is 31.2. The van der Waals surface area contributed by atoms with E-state index in [2.05, 4.69) is 0 Å². The van der Waals surface area contributed by atoms with Gasteiger partial charge in [0.05, 0.1) is 5.69 Å². The maximum absolute atomic E-state index is 14.7. The van der Waals surface area contributed by atoms with E-state index < -0.39 is 7.14 Å². The van der Waals surface area contributed by atoms with Crippen molar-refractivity contribution >= 4 is 24.0 Å². The maximum Gasteiger partial charge on any atom is 0.258 e. The lowest BCUT2D eigenvalue weighted by molar-refractivity contribution is 0.0985. The normalized spacial score (nSPS) is 18.3. The summed E-state index contributed by atoms with van der Waals surface area (Å²) in [6.07, 6.45) is 3.98. The molecule has 0 N–H and O–H groups in total. The summed E-state index contributed by atoms with van der Waals surface area (Å²) < 4.78 is 27.1. The van der Waals surface area contributed by atoms with Crippen LogP contribution in [0.2, 0.25) is 0 Å². The van der Waals surface area contributed by atoms with Crippen molar-refractivity contribution in [1.82, 2.24) is 0 Å². The molecule has 1 spiro atoms. The fraction of sp³-hybridized carbons (Fsp3) is 0.381. The van der Waals surface area contributed by atoms with Crippen LogP contribution in [-0.4, -0.2) is 25.8 Å². The standard InChI is InChI=1S/C21H23FNO2P/c1-26(2,25)16-8-5-7-15(13-16)20(24)23-14-21(11-3-4-12-21)19-17(22)9-6-10-18(19)23/h5-10,13H,3-4,11-12,14H2,1-2H3. The molecule has 0 radical (unpaired) electrons. The Morgan fingerprint density at radius 2 is 1.81 bits per heavy atom. The molecule has 26 heavy (non-hydrogen) atoms. The van der Waals surface area contributed by atoms with E-state index >= 15 is 0 Å². The number of halogens is 1. The fourth-order valence-corrected chi connectivity index (χ4v) is 5.40. The van der Waals surface area contributed by atoms with E-state index in [0.717, 1.165) is 25.7 Å². The van der Waals surface area contributed by atoms with Crippen LogP contribution >= 0.6 is 7.14 Å². The number of carbonyl (C=O) groups is 1. The summed E-state index contributed by atoms with van der Waals surface area (Å²) in [5, 5.41) is 0.692. The predicted molar refractivity (Wildman–Crippen MR) is 104 cm³/mol. The van der Waals surface area contributed by atoms with Crippen molar-refractivity contribution < 1.29 is 13.8 Å². The van der Waals surface area contributed by atoms with Gasteiger partial charge in [0.15, 0.2) is 0 Å². The lowest BCUT2D eigenvalue weighted by Crippen LogP contribution is -2.36. The minimum absolute atomic E-state index is 0.143. The molecule has 3 nitrogen and oxygen atoms in total. The average Bonchev–Trinajstić information content (AvgIpc) is 3.20. The van der Waals surface area contributed by atoms with Crippen molar-refractivity contribution in [3.05, 3.63) is 59.4 Å². The van der Waals surface area contributed by atoms with Crippen LogP contribution in [0.4, 0.5) is 10.1 Å². The van der Waals surface area contributed by atoms with Gasteiger partial charge in [-0.25, -0.2) is 4.39 Å². The largest absolute Gasteiger partial charge is 0.319 e. The van der Waals surface area contributed by atoms with E-state index in [9.17, 15) is 13.8 Å². The Morgan fingerprint density at radius 1 is 1.12 bits per heavy atom. The number of benzene rings is 2. The van der Waals surface area contributed by atoms with Crippen molar-refractivity contribution in [3.63, 3.8) is 0 Å². The van der Waals surface area contributed by atoms with Gasteiger partial charge in [0.2, 0.25) is 0 Å². The van der Waals surface area contributed by atoms with Crippen LogP contribution in [0.5, 0.6) is 0 Å². The monoisotopic (exact) mass is 371 g/mol. The van der Waals surface area contributed by atoms with Crippen molar-refractivity contribution in [2.75, 3.05) is 24.8 Å². The summed E-state index contributed by atoms with van der Waals surface area (Å²) in [6.45, 7) is 3.93. The Bertz CT molecular complexity index is 927. The first kappa shape index (κ1) is 17.5. The van der Waals surface area contributed by atoms with Gasteiger partial charge < -0.3 is 9.46 Å². The zero-order valence-corrected chi connectivity index (χ0v) is 16.1. The molecule has 1 fully saturated rings. The van der Waals surface area contributed by atoms with E-state index in [-0.39, 0.29) is 17.1 Å². The van der Waals surface area contributed by atoms with E-state index in [0.29, 0.717) is 28.7 Å². The van der Waals surface area contributed by atoms with Crippen LogP contribution in [0.1, 0.15) is 41.6 Å². The lowest BCUT2D eigenvalue weighted by atomic mass is 9.80. The zero-order valence-electron chi connectivity index (χ0n) is 15.2. The van der Waals surface area contributed by atoms with Gasteiger partial charge in [0, 0.05) is 28.4 Å². The van der Waals surface area contributed by atoms with Gasteiger partial charge in [-0.1, -0.05) is 31.0 Å². The molecule has 2 aromatic carbocycles. The lowest BCUT2D eigenvalue weighted by Gasteiger charge is -2.25. The molecule has 0 atom stereocenters. The van der Waals surface area contributed by atoms with Gasteiger partial charge in [0.25, 0.3) is 5.91 Å². The number of amides is 1. The molecule has 4 rings (SSSR count). The smallest absolute Gasteiger partial charge is 0.258 e. The van der Waals surface area contributed by atoms with E-state index in [1.165, 1.54) is 6.07 Å². The Hall–Kier alpha value is -1.93. The number of nitrogens with zero attached hydrogens (tertiary/aromatic N) is 1. The number of rotatable bonds is 2. The summed E-state index contributed by atoms with van der Waals surface area (Å²) >= 11 is 0. The Kier molecular flexibility index (Phi) is 4.07.